The highest BCUT2D eigenvalue weighted by Gasteiger charge is 2.37. The summed E-state index contributed by atoms with van der Waals surface area (Å²) in [7, 11) is 0. The zero-order valence-electron chi connectivity index (χ0n) is 18.3. The molecule has 10 nitrogen and oxygen atoms in total. The van der Waals surface area contributed by atoms with Crippen LogP contribution in [0.5, 0.6) is 0 Å². The molecule has 0 aromatic carbocycles. The number of amides is 1. The van der Waals surface area contributed by atoms with Gasteiger partial charge in [0.2, 0.25) is 11.9 Å². The Morgan fingerprint density at radius 2 is 1.91 bits per heavy atom. The van der Waals surface area contributed by atoms with E-state index in [-0.39, 0.29) is 12.3 Å². The number of nitrogens with one attached hydrogen (secondary N) is 2. The van der Waals surface area contributed by atoms with Crippen LogP contribution < -0.4 is 15.8 Å². The van der Waals surface area contributed by atoms with E-state index in [1.165, 1.54) is 12.4 Å². The zero-order valence-corrected chi connectivity index (χ0v) is 18.3. The molecule has 1 saturated heterocycles. The van der Waals surface area contributed by atoms with E-state index >= 15 is 0 Å². The third kappa shape index (κ3) is 6.31. The summed E-state index contributed by atoms with van der Waals surface area (Å²) < 4.78 is 39.4. The molecule has 1 aliphatic heterocycles. The molecule has 180 valence electrons. The van der Waals surface area contributed by atoms with E-state index in [4.69, 9.17) is 5.26 Å². The van der Waals surface area contributed by atoms with Crippen molar-refractivity contribution >= 4 is 17.5 Å². The van der Waals surface area contributed by atoms with Crippen LogP contribution in [0.25, 0.3) is 0 Å². The molecule has 0 aliphatic carbocycles. The molecular formula is C21H23F3N8O2. The second-order valence-corrected chi connectivity index (χ2v) is 7.69. The van der Waals surface area contributed by atoms with Gasteiger partial charge < -0.3 is 15.1 Å². The van der Waals surface area contributed by atoms with Gasteiger partial charge in [-0.2, -0.15) is 23.5 Å². The van der Waals surface area contributed by atoms with Crippen molar-refractivity contribution in [1.82, 2.24) is 25.1 Å². The van der Waals surface area contributed by atoms with Crippen LogP contribution in [-0.4, -0.2) is 63.2 Å². The number of alkyl halides is 3. The van der Waals surface area contributed by atoms with E-state index in [0.29, 0.717) is 44.1 Å². The van der Waals surface area contributed by atoms with Crippen LogP contribution in [0.2, 0.25) is 0 Å². The van der Waals surface area contributed by atoms with Crippen molar-refractivity contribution in [3.05, 3.63) is 52.2 Å². The van der Waals surface area contributed by atoms with Crippen molar-refractivity contribution in [3.63, 3.8) is 0 Å². The minimum absolute atomic E-state index is 0.0598. The Hall–Kier alpha value is -3.95. The van der Waals surface area contributed by atoms with Crippen molar-refractivity contribution in [1.29, 1.82) is 5.26 Å². The summed E-state index contributed by atoms with van der Waals surface area (Å²) in [6.45, 7) is 3.80. The van der Waals surface area contributed by atoms with Crippen molar-refractivity contribution in [2.45, 2.75) is 32.0 Å². The molecule has 0 bridgehead atoms. The predicted octanol–water partition coefficient (Wildman–Crippen LogP) is 1.94. The summed E-state index contributed by atoms with van der Waals surface area (Å²) >= 11 is 0. The van der Waals surface area contributed by atoms with Crippen molar-refractivity contribution in [3.8, 4) is 6.07 Å². The van der Waals surface area contributed by atoms with Crippen LogP contribution in [0.15, 0.2) is 35.5 Å². The first-order chi connectivity index (χ1) is 16.2. The van der Waals surface area contributed by atoms with E-state index in [2.05, 4.69) is 20.4 Å². The molecule has 1 aliphatic rings. The highest BCUT2D eigenvalue weighted by atomic mass is 19.4. The third-order valence-electron chi connectivity index (χ3n) is 5.17. The van der Waals surface area contributed by atoms with Gasteiger partial charge in [-0.05, 0) is 13.3 Å². The van der Waals surface area contributed by atoms with Crippen molar-refractivity contribution in [2.75, 3.05) is 36.4 Å². The van der Waals surface area contributed by atoms with E-state index < -0.39 is 29.0 Å². The maximum Gasteiger partial charge on any atom is 0.423 e. The van der Waals surface area contributed by atoms with Gasteiger partial charge in [-0.15, -0.1) is 0 Å². The van der Waals surface area contributed by atoms with Crippen LogP contribution in [0, 0.1) is 11.3 Å². The van der Waals surface area contributed by atoms with Gasteiger partial charge in [-0.1, -0.05) is 12.2 Å². The Balaban J connectivity index is 1.45. The van der Waals surface area contributed by atoms with Crippen LogP contribution in [0.1, 0.15) is 30.9 Å². The van der Waals surface area contributed by atoms with E-state index in [9.17, 15) is 22.8 Å². The number of carbonyl (C=O) groups excluding carboxylic acids is 1. The Bertz CT molecular complexity index is 1120. The average molecular weight is 476 g/mol. The second kappa shape index (κ2) is 10.8. The number of carbonyl (C=O) groups is 1. The molecule has 0 radical (unpaired) electrons. The standard InChI is InChI=1S/C21H23F3N8O2/c1-14(29-16-13-28-30-19(34)18(16)21(22,23)24)4-2-3-5-17(33)31-6-8-32(9-7-31)20-26-11-15(10-25)12-27-20/h2-3,11-14H,4-9H2,1H3,(H2,29,30,34)/b3-2+/t14-/m0/s1. The van der Waals surface area contributed by atoms with Crippen LogP contribution in [-0.2, 0) is 11.0 Å². The van der Waals surface area contributed by atoms with Gasteiger partial charge in [0.15, 0.2) is 0 Å². The molecule has 0 spiro atoms. The molecule has 34 heavy (non-hydrogen) atoms. The minimum Gasteiger partial charge on any atom is -0.380 e. The van der Waals surface area contributed by atoms with Gasteiger partial charge >= 0.3 is 6.18 Å². The summed E-state index contributed by atoms with van der Waals surface area (Å²) in [6, 6.07) is 1.54. The van der Waals surface area contributed by atoms with E-state index in [1.807, 2.05) is 11.0 Å². The molecule has 3 heterocycles. The number of nitriles is 1. The minimum atomic E-state index is -4.81. The summed E-state index contributed by atoms with van der Waals surface area (Å²) in [5.74, 6) is 0.451. The summed E-state index contributed by atoms with van der Waals surface area (Å²) in [4.78, 5) is 36.0. The topological polar surface area (TPSA) is 131 Å². The molecule has 0 unspecified atom stereocenters. The zero-order chi connectivity index (χ0) is 24.7. The normalized spacial score (nSPS) is 15.3. The fraction of sp³-hybridized carbons (Fsp3) is 0.429. The smallest absolute Gasteiger partial charge is 0.380 e. The highest BCUT2D eigenvalue weighted by Crippen LogP contribution is 2.31. The number of hydrogen-bond acceptors (Lipinski definition) is 8. The van der Waals surface area contributed by atoms with Gasteiger partial charge in [-0.25, -0.2) is 15.1 Å². The number of hydrogen-bond donors (Lipinski definition) is 2. The quantitative estimate of drug-likeness (QED) is 0.580. The Kier molecular flexibility index (Phi) is 7.83. The molecule has 2 aromatic rings. The number of piperazine rings is 1. The Morgan fingerprint density at radius 3 is 2.53 bits per heavy atom. The van der Waals surface area contributed by atoms with Crippen LogP contribution in [0.4, 0.5) is 24.8 Å². The predicted molar refractivity (Wildman–Crippen MR) is 117 cm³/mol. The maximum atomic E-state index is 13.1. The first-order valence-corrected chi connectivity index (χ1v) is 10.5. The van der Waals surface area contributed by atoms with Gasteiger partial charge in [0.1, 0.15) is 11.6 Å². The summed E-state index contributed by atoms with van der Waals surface area (Å²) in [5.41, 5.74) is -2.64. The fourth-order valence-corrected chi connectivity index (χ4v) is 3.43. The van der Waals surface area contributed by atoms with Crippen LogP contribution in [0.3, 0.4) is 0 Å². The SMILES string of the molecule is C[C@@H](C/C=C/CC(=O)N1CCN(c2ncc(C#N)cn2)CC1)Nc1cn[nH]c(=O)c1C(F)(F)F. The maximum absolute atomic E-state index is 13.1. The number of anilines is 2. The number of H-pyrrole nitrogens is 1. The number of rotatable bonds is 7. The number of halogens is 3. The second-order valence-electron chi connectivity index (χ2n) is 7.69. The lowest BCUT2D eigenvalue weighted by Crippen LogP contribution is -2.49. The molecule has 13 heteroatoms. The van der Waals surface area contributed by atoms with Gasteiger partial charge in [-0.3, -0.25) is 9.59 Å². The number of nitrogens with zero attached hydrogens (tertiary/aromatic N) is 6. The van der Waals surface area contributed by atoms with Crippen LogP contribution >= 0.6 is 0 Å². The molecule has 3 rings (SSSR count). The molecule has 1 amide bonds. The Labute approximate surface area is 193 Å². The van der Waals surface area contributed by atoms with E-state index in [1.54, 1.807) is 29.1 Å². The average Bonchev–Trinajstić information content (AvgIpc) is 2.81. The van der Waals surface area contributed by atoms with Gasteiger partial charge in [0, 0.05) is 38.6 Å². The molecule has 1 atom stereocenters. The fourth-order valence-electron chi connectivity index (χ4n) is 3.43. The molecular weight excluding hydrogens is 453 g/mol. The number of aromatic nitrogens is 4. The largest absolute Gasteiger partial charge is 0.423 e. The molecule has 2 aromatic heterocycles. The van der Waals surface area contributed by atoms with Crippen molar-refractivity contribution < 1.29 is 18.0 Å². The van der Waals surface area contributed by atoms with Crippen molar-refractivity contribution in [2.24, 2.45) is 0 Å². The summed E-state index contributed by atoms with van der Waals surface area (Å²) in [5, 5.41) is 16.7. The van der Waals surface area contributed by atoms with Gasteiger partial charge in [0.25, 0.3) is 5.56 Å². The lowest BCUT2D eigenvalue weighted by Gasteiger charge is -2.34. The lowest BCUT2D eigenvalue weighted by molar-refractivity contribution is -0.138. The Morgan fingerprint density at radius 1 is 1.24 bits per heavy atom. The third-order valence-corrected chi connectivity index (χ3v) is 5.17. The van der Waals surface area contributed by atoms with Gasteiger partial charge in [0.05, 0.1) is 29.8 Å². The molecule has 0 saturated carbocycles. The molecule has 1 fully saturated rings. The summed E-state index contributed by atoms with van der Waals surface area (Å²) in [6.07, 6.45) is 2.93. The lowest BCUT2D eigenvalue weighted by atomic mass is 10.1. The first kappa shape index (κ1) is 24.7. The molecule has 2 N–H and O–H groups in total. The number of aromatic amines is 1. The highest BCUT2D eigenvalue weighted by molar-refractivity contribution is 5.78. The monoisotopic (exact) mass is 476 g/mol. The van der Waals surface area contributed by atoms with E-state index in [0.717, 1.165) is 6.20 Å². The first-order valence-electron chi connectivity index (χ1n) is 10.5.